The Bertz CT molecular complexity index is 812. The van der Waals surface area contributed by atoms with Crippen LogP contribution in [0.4, 0.5) is 0 Å². The summed E-state index contributed by atoms with van der Waals surface area (Å²) in [5.41, 5.74) is 2.41. The second-order valence-electron chi connectivity index (χ2n) is 7.80. The molecule has 2 saturated carbocycles. The Labute approximate surface area is 160 Å². The van der Waals surface area contributed by atoms with Gasteiger partial charge in [0.1, 0.15) is 11.5 Å². The molecule has 0 amide bonds. The molecule has 0 aliphatic heterocycles. The minimum Gasteiger partial charge on any atom is -0.497 e. The van der Waals surface area contributed by atoms with Gasteiger partial charge in [0.05, 0.1) is 20.1 Å². The van der Waals surface area contributed by atoms with Gasteiger partial charge in [0.15, 0.2) is 0 Å². The minimum absolute atomic E-state index is 0.108. The maximum atomic E-state index is 11.2. The van der Waals surface area contributed by atoms with Crippen LogP contribution in [0, 0.1) is 11.8 Å². The molecule has 3 unspecified atom stereocenters. The monoisotopic (exact) mass is 366 g/mol. The summed E-state index contributed by atoms with van der Waals surface area (Å²) in [5, 5.41) is 9.21. The number of carboxylic acids is 1. The molecule has 142 valence electrons. The van der Waals surface area contributed by atoms with Crippen LogP contribution in [0.5, 0.6) is 11.5 Å². The Kier molecular flexibility index (Phi) is 5.06. The fourth-order valence-corrected chi connectivity index (χ4v) is 3.99. The molecular formula is C23H26O4. The quantitative estimate of drug-likeness (QED) is 0.689. The predicted molar refractivity (Wildman–Crippen MR) is 103 cm³/mol. The number of aliphatic carboxylic acids is 1. The molecule has 2 fully saturated rings. The zero-order valence-corrected chi connectivity index (χ0v) is 15.6. The molecule has 0 saturated heterocycles. The molecule has 2 aliphatic rings. The zero-order chi connectivity index (χ0) is 18.8. The van der Waals surface area contributed by atoms with Gasteiger partial charge >= 0.3 is 5.97 Å². The van der Waals surface area contributed by atoms with E-state index in [1.165, 1.54) is 5.56 Å². The fourth-order valence-electron chi connectivity index (χ4n) is 3.99. The highest BCUT2D eigenvalue weighted by atomic mass is 16.5. The van der Waals surface area contributed by atoms with Crippen LogP contribution >= 0.6 is 0 Å². The second kappa shape index (κ2) is 7.63. The van der Waals surface area contributed by atoms with Crippen molar-refractivity contribution in [2.24, 2.45) is 11.8 Å². The first-order valence-electron chi connectivity index (χ1n) is 9.72. The van der Waals surface area contributed by atoms with Gasteiger partial charge in [0, 0.05) is 5.92 Å². The molecular weight excluding hydrogens is 340 g/mol. The molecule has 0 heterocycles. The molecule has 0 bridgehead atoms. The molecule has 0 spiro atoms. The van der Waals surface area contributed by atoms with Crippen LogP contribution in [0.15, 0.2) is 48.5 Å². The lowest BCUT2D eigenvalue weighted by molar-refractivity contribution is -0.137. The maximum Gasteiger partial charge on any atom is 0.303 e. The van der Waals surface area contributed by atoms with Gasteiger partial charge in [0.2, 0.25) is 0 Å². The van der Waals surface area contributed by atoms with E-state index in [2.05, 4.69) is 12.1 Å². The molecule has 27 heavy (non-hydrogen) atoms. The minimum atomic E-state index is -0.725. The smallest absolute Gasteiger partial charge is 0.303 e. The van der Waals surface area contributed by atoms with Gasteiger partial charge in [-0.15, -0.1) is 0 Å². The summed E-state index contributed by atoms with van der Waals surface area (Å²) in [7, 11) is 1.69. The third-order valence-corrected chi connectivity index (χ3v) is 5.78. The van der Waals surface area contributed by atoms with E-state index < -0.39 is 5.97 Å². The Morgan fingerprint density at radius 3 is 2.67 bits per heavy atom. The van der Waals surface area contributed by atoms with Crippen molar-refractivity contribution in [3.8, 4) is 11.5 Å². The van der Waals surface area contributed by atoms with E-state index in [1.54, 1.807) is 7.11 Å². The number of carboxylic acid groups (broad SMARTS) is 1. The molecule has 3 atom stereocenters. The molecule has 1 N–H and O–H groups in total. The van der Waals surface area contributed by atoms with E-state index in [9.17, 15) is 9.90 Å². The van der Waals surface area contributed by atoms with Crippen molar-refractivity contribution in [3.05, 3.63) is 59.7 Å². The van der Waals surface area contributed by atoms with Crippen molar-refractivity contribution >= 4 is 5.97 Å². The molecule has 4 nitrogen and oxygen atoms in total. The first-order valence-corrected chi connectivity index (χ1v) is 9.72. The summed E-state index contributed by atoms with van der Waals surface area (Å²) >= 11 is 0. The molecule has 0 aromatic heterocycles. The van der Waals surface area contributed by atoms with Gasteiger partial charge in [-0.05, 0) is 72.4 Å². The Morgan fingerprint density at radius 1 is 1.15 bits per heavy atom. The van der Waals surface area contributed by atoms with Crippen molar-refractivity contribution in [3.63, 3.8) is 0 Å². The zero-order valence-electron chi connectivity index (χ0n) is 15.6. The Balaban J connectivity index is 1.36. The van der Waals surface area contributed by atoms with E-state index in [4.69, 9.17) is 9.47 Å². The predicted octanol–water partition coefficient (Wildman–Crippen LogP) is 4.85. The lowest BCUT2D eigenvalue weighted by Crippen LogP contribution is -2.09. The van der Waals surface area contributed by atoms with E-state index in [1.807, 2.05) is 36.4 Å². The number of hydrogen-bond donors (Lipinski definition) is 1. The van der Waals surface area contributed by atoms with E-state index in [-0.39, 0.29) is 12.3 Å². The first kappa shape index (κ1) is 17.9. The molecule has 2 aliphatic carbocycles. The summed E-state index contributed by atoms with van der Waals surface area (Å²) in [4.78, 5) is 11.2. The Hall–Kier alpha value is -2.49. The van der Waals surface area contributed by atoms with E-state index in [0.29, 0.717) is 24.4 Å². The van der Waals surface area contributed by atoms with Crippen LogP contribution in [-0.2, 0) is 4.79 Å². The number of benzene rings is 2. The van der Waals surface area contributed by atoms with Gasteiger partial charge in [-0.2, -0.15) is 0 Å². The number of hydrogen-bond acceptors (Lipinski definition) is 3. The number of carbonyl (C=O) groups is 1. The van der Waals surface area contributed by atoms with Crippen molar-refractivity contribution < 1.29 is 19.4 Å². The third-order valence-electron chi connectivity index (χ3n) is 5.78. The fraction of sp³-hybridized carbons (Fsp3) is 0.435. The van der Waals surface area contributed by atoms with Crippen LogP contribution < -0.4 is 9.47 Å². The SMILES string of the molecule is COc1cccc(C2CC2COc2cccc(C(CC(=O)O)C3CC3)c2)c1. The number of rotatable bonds is 9. The average molecular weight is 366 g/mol. The van der Waals surface area contributed by atoms with Crippen LogP contribution in [0.1, 0.15) is 48.6 Å². The van der Waals surface area contributed by atoms with Gasteiger partial charge in [-0.1, -0.05) is 24.3 Å². The number of methoxy groups -OCH3 is 1. The summed E-state index contributed by atoms with van der Waals surface area (Å²) in [6.07, 6.45) is 3.60. The maximum absolute atomic E-state index is 11.2. The van der Waals surface area contributed by atoms with Gasteiger partial charge in [-0.3, -0.25) is 4.79 Å². The molecule has 0 radical (unpaired) electrons. The van der Waals surface area contributed by atoms with E-state index in [0.717, 1.165) is 36.3 Å². The lowest BCUT2D eigenvalue weighted by Gasteiger charge is -2.16. The average Bonchev–Trinajstić information content (AvgIpc) is 3.59. The molecule has 4 heteroatoms. The van der Waals surface area contributed by atoms with Gasteiger partial charge < -0.3 is 14.6 Å². The summed E-state index contributed by atoms with van der Waals surface area (Å²) in [6, 6.07) is 16.3. The second-order valence-corrected chi connectivity index (χ2v) is 7.80. The highest BCUT2D eigenvalue weighted by molar-refractivity contribution is 5.68. The van der Waals surface area contributed by atoms with Crippen molar-refractivity contribution in [2.45, 2.75) is 37.5 Å². The van der Waals surface area contributed by atoms with Crippen molar-refractivity contribution in [2.75, 3.05) is 13.7 Å². The van der Waals surface area contributed by atoms with Gasteiger partial charge in [0.25, 0.3) is 0 Å². The molecule has 2 aromatic carbocycles. The topological polar surface area (TPSA) is 55.8 Å². The van der Waals surface area contributed by atoms with Gasteiger partial charge in [-0.25, -0.2) is 0 Å². The third kappa shape index (κ3) is 4.44. The highest BCUT2D eigenvalue weighted by Gasteiger charge is 2.39. The molecule has 4 rings (SSSR count). The van der Waals surface area contributed by atoms with Crippen LogP contribution in [0.3, 0.4) is 0 Å². The standard InChI is InChI=1S/C23H26O4/c1-26-19-6-2-4-16(10-19)21-12-18(21)14-27-20-7-3-5-17(11-20)22(13-23(24)25)15-8-9-15/h2-7,10-11,15,18,21-22H,8-9,12-14H2,1H3,(H,24,25). The summed E-state index contributed by atoms with van der Waals surface area (Å²) in [5.74, 6) is 2.70. The normalized spacial score (nSPS) is 22.1. The number of ether oxygens (including phenoxy) is 2. The van der Waals surface area contributed by atoms with Crippen LogP contribution in [0.2, 0.25) is 0 Å². The molecule has 2 aromatic rings. The Morgan fingerprint density at radius 2 is 1.93 bits per heavy atom. The lowest BCUT2D eigenvalue weighted by atomic mass is 9.91. The highest BCUT2D eigenvalue weighted by Crippen LogP contribution is 2.48. The first-order chi connectivity index (χ1) is 13.1. The van der Waals surface area contributed by atoms with E-state index >= 15 is 0 Å². The summed E-state index contributed by atoms with van der Waals surface area (Å²) in [6.45, 7) is 0.693. The van der Waals surface area contributed by atoms with Crippen molar-refractivity contribution in [1.29, 1.82) is 0 Å². The van der Waals surface area contributed by atoms with Crippen LogP contribution in [-0.4, -0.2) is 24.8 Å². The van der Waals surface area contributed by atoms with Crippen LogP contribution in [0.25, 0.3) is 0 Å². The largest absolute Gasteiger partial charge is 0.497 e. The summed E-state index contributed by atoms with van der Waals surface area (Å²) < 4.78 is 11.4. The van der Waals surface area contributed by atoms with Crippen molar-refractivity contribution in [1.82, 2.24) is 0 Å².